The molecular formula is C14H16F2N2S. The molecule has 1 heterocycles. The maximum absolute atomic E-state index is 14.0. The summed E-state index contributed by atoms with van der Waals surface area (Å²) in [5.41, 5.74) is 5.90. The number of nitrogens with two attached hydrogens (primary N) is 1. The Labute approximate surface area is 115 Å². The third-order valence-corrected chi connectivity index (χ3v) is 3.80. The summed E-state index contributed by atoms with van der Waals surface area (Å²) in [4.78, 5) is 2.76. The summed E-state index contributed by atoms with van der Waals surface area (Å²) in [5.74, 6) is -1.11. The minimum atomic E-state index is -0.557. The first-order valence-corrected chi connectivity index (χ1v) is 6.99. The van der Waals surface area contributed by atoms with Gasteiger partial charge in [-0.2, -0.15) is 0 Å². The quantitative estimate of drug-likeness (QED) is 0.909. The highest BCUT2D eigenvalue weighted by Crippen LogP contribution is 2.27. The van der Waals surface area contributed by atoms with Crippen molar-refractivity contribution in [3.8, 4) is 0 Å². The molecule has 0 unspecified atom stereocenters. The Morgan fingerprint density at radius 2 is 1.95 bits per heavy atom. The molecule has 0 aliphatic rings. The van der Waals surface area contributed by atoms with E-state index in [9.17, 15) is 8.78 Å². The molecule has 0 fully saturated rings. The van der Waals surface area contributed by atoms with Gasteiger partial charge in [-0.25, -0.2) is 8.78 Å². The van der Waals surface area contributed by atoms with Gasteiger partial charge in [0, 0.05) is 18.0 Å². The van der Waals surface area contributed by atoms with E-state index in [2.05, 4.69) is 0 Å². The van der Waals surface area contributed by atoms with Crippen molar-refractivity contribution >= 4 is 17.0 Å². The summed E-state index contributed by atoms with van der Waals surface area (Å²) in [5, 5.41) is 1.95. The molecule has 0 amide bonds. The number of benzene rings is 1. The van der Waals surface area contributed by atoms with Crippen LogP contribution in [0.25, 0.3) is 0 Å². The van der Waals surface area contributed by atoms with Crippen LogP contribution in [0.5, 0.6) is 0 Å². The lowest BCUT2D eigenvalue weighted by atomic mass is 10.1. The summed E-state index contributed by atoms with van der Waals surface area (Å²) in [6, 6.07) is 6.49. The van der Waals surface area contributed by atoms with Crippen molar-refractivity contribution in [1.82, 2.24) is 0 Å². The summed E-state index contributed by atoms with van der Waals surface area (Å²) in [7, 11) is 0. The first-order valence-electron chi connectivity index (χ1n) is 6.11. The Morgan fingerprint density at radius 1 is 1.26 bits per heavy atom. The van der Waals surface area contributed by atoms with Gasteiger partial charge in [0.25, 0.3) is 0 Å². The highest BCUT2D eigenvalue weighted by atomic mass is 32.1. The maximum atomic E-state index is 14.0. The van der Waals surface area contributed by atoms with Crippen molar-refractivity contribution in [1.29, 1.82) is 0 Å². The summed E-state index contributed by atoms with van der Waals surface area (Å²) < 4.78 is 28.1. The highest BCUT2D eigenvalue weighted by Gasteiger charge is 2.17. The zero-order chi connectivity index (χ0) is 13.8. The molecule has 2 N–H and O–H groups in total. The Hall–Kier alpha value is -1.46. The first kappa shape index (κ1) is 14.0. The van der Waals surface area contributed by atoms with Crippen LogP contribution in [0.1, 0.15) is 17.4 Å². The summed E-state index contributed by atoms with van der Waals surface area (Å²) in [6.07, 6.45) is 0. The van der Waals surface area contributed by atoms with Crippen LogP contribution in [0.3, 0.4) is 0 Å². The normalized spacial score (nSPS) is 10.7. The number of anilines is 1. The van der Waals surface area contributed by atoms with E-state index >= 15 is 0 Å². The van der Waals surface area contributed by atoms with Crippen LogP contribution in [0.15, 0.2) is 29.6 Å². The monoisotopic (exact) mass is 282 g/mol. The van der Waals surface area contributed by atoms with Crippen molar-refractivity contribution in [2.24, 2.45) is 5.73 Å². The van der Waals surface area contributed by atoms with Gasteiger partial charge in [0.1, 0.15) is 17.3 Å². The molecule has 1 aromatic carbocycles. The van der Waals surface area contributed by atoms with Gasteiger partial charge < -0.3 is 10.6 Å². The fraction of sp³-hybridized carbons (Fsp3) is 0.286. The van der Waals surface area contributed by atoms with Crippen molar-refractivity contribution in [2.45, 2.75) is 20.0 Å². The lowest BCUT2D eigenvalue weighted by molar-refractivity contribution is 0.568. The predicted molar refractivity (Wildman–Crippen MR) is 75.3 cm³/mol. The van der Waals surface area contributed by atoms with E-state index in [1.54, 1.807) is 16.2 Å². The second kappa shape index (κ2) is 6.12. The third kappa shape index (κ3) is 3.11. The van der Waals surface area contributed by atoms with Gasteiger partial charge in [0.15, 0.2) is 0 Å². The molecule has 0 atom stereocenters. The van der Waals surface area contributed by atoms with Gasteiger partial charge in [-0.3, -0.25) is 0 Å². The molecule has 2 nitrogen and oxygen atoms in total. The van der Waals surface area contributed by atoms with Crippen LogP contribution in [0.4, 0.5) is 14.5 Å². The van der Waals surface area contributed by atoms with Crippen LogP contribution >= 0.6 is 11.3 Å². The Morgan fingerprint density at radius 3 is 2.42 bits per heavy atom. The van der Waals surface area contributed by atoms with E-state index in [1.807, 2.05) is 24.4 Å². The molecule has 19 heavy (non-hydrogen) atoms. The standard InChI is InChI=1S/C14H16F2N2S/c1-2-18(9-11-4-3-5-19-11)14-12(15)6-10(8-17)7-13(14)16/h3-7H,2,8-9,17H2,1H3. The van der Waals surface area contributed by atoms with E-state index in [-0.39, 0.29) is 12.2 Å². The number of nitrogens with zero attached hydrogens (tertiary/aromatic N) is 1. The molecule has 0 saturated carbocycles. The van der Waals surface area contributed by atoms with Crippen molar-refractivity contribution in [3.05, 3.63) is 51.7 Å². The maximum Gasteiger partial charge on any atom is 0.149 e. The first-order chi connectivity index (χ1) is 9.15. The summed E-state index contributed by atoms with van der Waals surface area (Å²) >= 11 is 1.57. The van der Waals surface area contributed by atoms with E-state index < -0.39 is 11.6 Å². The summed E-state index contributed by atoms with van der Waals surface area (Å²) in [6.45, 7) is 3.05. The Kier molecular flexibility index (Phi) is 4.50. The molecule has 5 heteroatoms. The molecule has 0 bridgehead atoms. The minimum Gasteiger partial charge on any atom is -0.362 e. The molecule has 0 radical (unpaired) electrons. The van der Waals surface area contributed by atoms with E-state index in [4.69, 9.17) is 5.73 Å². The van der Waals surface area contributed by atoms with Crippen LogP contribution in [0, 0.1) is 11.6 Å². The molecule has 0 aliphatic carbocycles. The van der Waals surface area contributed by atoms with Gasteiger partial charge in [-0.15, -0.1) is 11.3 Å². The smallest absolute Gasteiger partial charge is 0.149 e. The molecule has 102 valence electrons. The molecule has 0 saturated heterocycles. The number of hydrogen-bond acceptors (Lipinski definition) is 3. The topological polar surface area (TPSA) is 29.3 Å². The van der Waals surface area contributed by atoms with Crippen LogP contribution in [-0.4, -0.2) is 6.54 Å². The van der Waals surface area contributed by atoms with Crippen LogP contribution < -0.4 is 10.6 Å². The van der Waals surface area contributed by atoms with Gasteiger partial charge in [0.2, 0.25) is 0 Å². The number of thiophene rings is 1. The lowest BCUT2D eigenvalue weighted by Crippen LogP contribution is -2.24. The second-order valence-electron chi connectivity index (χ2n) is 4.21. The number of hydrogen-bond donors (Lipinski definition) is 1. The average Bonchev–Trinajstić information content (AvgIpc) is 2.89. The molecule has 0 spiro atoms. The highest BCUT2D eigenvalue weighted by molar-refractivity contribution is 7.09. The molecule has 2 rings (SSSR count). The van der Waals surface area contributed by atoms with Gasteiger partial charge in [-0.1, -0.05) is 6.07 Å². The predicted octanol–water partition coefficient (Wildman–Crippen LogP) is 3.51. The van der Waals surface area contributed by atoms with Gasteiger partial charge in [-0.05, 0) is 36.1 Å². The number of rotatable bonds is 5. The SMILES string of the molecule is CCN(Cc1cccs1)c1c(F)cc(CN)cc1F. The Bertz CT molecular complexity index is 517. The average molecular weight is 282 g/mol. The second-order valence-corrected chi connectivity index (χ2v) is 5.24. The van der Waals surface area contributed by atoms with Gasteiger partial charge >= 0.3 is 0 Å². The van der Waals surface area contributed by atoms with E-state index in [0.29, 0.717) is 18.7 Å². The van der Waals surface area contributed by atoms with Crippen molar-refractivity contribution < 1.29 is 8.78 Å². The molecule has 2 aromatic rings. The fourth-order valence-corrected chi connectivity index (χ4v) is 2.70. The van der Waals surface area contributed by atoms with Crippen molar-refractivity contribution in [2.75, 3.05) is 11.4 Å². The molecule has 0 aliphatic heterocycles. The molecule has 1 aromatic heterocycles. The Balaban J connectivity index is 2.32. The zero-order valence-electron chi connectivity index (χ0n) is 10.7. The van der Waals surface area contributed by atoms with Crippen LogP contribution in [0.2, 0.25) is 0 Å². The molecular weight excluding hydrogens is 266 g/mol. The third-order valence-electron chi connectivity index (χ3n) is 2.94. The zero-order valence-corrected chi connectivity index (χ0v) is 11.5. The van der Waals surface area contributed by atoms with Gasteiger partial charge in [0.05, 0.1) is 6.54 Å². The van der Waals surface area contributed by atoms with Crippen molar-refractivity contribution in [3.63, 3.8) is 0 Å². The number of halogens is 2. The van der Waals surface area contributed by atoms with Crippen LogP contribution in [-0.2, 0) is 13.1 Å². The van der Waals surface area contributed by atoms with E-state index in [1.165, 1.54) is 12.1 Å². The lowest BCUT2D eigenvalue weighted by Gasteiger charge is -2.24. The van der Waals surface area contributed by atoms with E-state index in [0.717, 1.165) is 4.88 Å². The fourth-order valence-electron chi connectivity index (χ4n) is 1.98. The largest absolute Gasteiger partial charge is 0.362 e. The minimum absolute atomic E-state index is 0.0214.